The second-order valence-corrected chi connectivity index (χ2v) is 9.24. The number of carbonyl (C=O) groups excluding carboxylic acids is 1. The van der Waals surface area contributed by atoms with Crippen molar-refractivity contribution in [1.29, 1.82) is 0 Å². The van der Waals surface area contributed by atoms with Crippen LogP contribution in [0.5, 0.6) is 0 Å². The monoisotopic (exact) mass is 457 g/mol. The molecule has 5 heteroatoms. The Balaban J connectivity index is 1.36. The Morgan fingerprint density at radius 2 is 1.76 bits per heavy atom. The smallest absolute Gasteiger partial charge is 0.223 e. The molecule has 2 heterocycles. The number of halogens is 1. The quantitative estimate of drug-likeness (QED) is 0.399. The summed E-state index contributed by atoms with van der Waals surface area (Å²) in [5.74, 6) is 0.219. The molecule has 1 unspecified atom stereocenters. The molecule has 0 aliphatic carbocycles. The Morgan fingerprint density at radius 1 is 0.970 bits per heavy atom. The summed E-state index contributed by atoms with van der Waals surface area (Å²) in [6.07, 6.45) is 2.53. The number of piperazine rings is 1. The number of amides is 1. The maximum Gasteiger partial charge on any atom is 0.223 e. The number of aryl methyl sites for hydroxylation is 1. The lowest BCUT2D eigenvalue weighted by Gasteiger charge is -2.36. The highest BCUT2D eigenvalue weighted by atomic mass is 35.5. The first kappa shape index (κ1) is 21.6. The largest absolute Gasteiger partial charge is 0.368 e. The lowest BCUT2D eigenvalue weighted by atomic mass is 9.87. The molecule has 168 valence electrons. The van der Waals surface area contributed by atoms with E-state index in [2.05, 4.69) is 71.5 Å². The van der Waals surface area contributed by atoms with Crippen LogP contribution in [-0.2, 0) is 4.79 Å². The zero-order chi connectivity index (χ0) is 22.8. The third kappa shape index (κ3) is 4.62. The highest BCUT2D eigenvalue weighted by molar-refractivity contribution is 6.30. The molecular formula is C28H28ClN3O. The number of fused-ring (bicyclic) bond motifs is 1. The fourth-order valence-corrected chi connectivity index (χ4v) is 5.05. The van der Waals surface area contributed by atoms with E-state index in [1.807, 2.05) is 29.2 Å². The van der Waals surface area contributed by atoms with Crippen LogP contribution in [0.3, 0.4) is 0 Å². The highest BCUT2D eigenvalue weighted by Gasteiger charge is 2.27. The van der Waals surface area contributed by atoms with Gasteiger partial charge in [0.25, 0.3) is 0 Å². The fourth-order valence-electron chi connectivity index (χ4n) is 4.87. The topological polar surface area (TPSA) is 39.3 Å². The summed E-state index contributed by atoms with van der Waals surface area (Å²) in [6.45, 7) is 5.18. The maximum atomic E-state index is 13.5. The van der Waals surface area contributed by atoms with Crippen molar-refractivity contribution in [1.82, 2.24) is 9.88 Å². The van der Waals surface area contributed by atoms with Crippen molar-refractivity contribution in [2.45, 2.75) is 19.3 Å². The van der Waals surface area contributed by atoms with E-state index in [1.54, 1.807) is 0 Å². The van der Waals surface area contributed by atoms with E-state index in [-0.39, 0.29) is 11.8 Å². The zero-order valence-electron chi connectivity index (χ0n) is 18.8. The molecule has 5 rings (SSSR count). The lowest BCUT2D eigenvalue weighted by Crippen LogP contribution is -2.49. The normalized spacial score (nSPS) is 15.1. The van der Waals surface area contributed by atoms with Crippen LogP contribution in [-0.4, -0.2) is 42.0 Å². The van der Waals surface area contributed by atoms with Gasteiger partial charge in [0.2, 0.25) is 5.91 Å². The zero-order valence-corrected chi connectivity index (χ0v) is 19.6. The van der Waals surface area contributed by atoms with Gasteiger partial charge in [-0.1, -0.05) is 65.7 Å². The molecule has 0 bridgehead atoms. The molecule has 0 radical (unpaired) electrons. The van der Waals surface area contributed by atoms with Gasteiger partial charge < -0.3 is 14.8 Å². The predicted octanol–water partition coefficient (Wildman–Crippen LogP) is 6.00. The Kier molecular flexibility index (Phi) is 6.10. The third-order valence-corrected chi connectivity index (χ3v) is 6.86. The lowest BCUT2D eigenvalue weighted by molar-refractivity contribution is -0.131. The number of carbonyl (C=O) groups is 1. The van der Waals surface area contributed by atoms with Crippen LogP contribution >= 0.6 is 11.6 Å². The van der Waals surface area contributed by atoms with Crippen molar-refractivity contribution in [3.63, 3.8) is 0 Å². The highest BCUT2D eigenvalue weighted by Crippen LogP contribution is 2.34. The number of para-hydroxylation sites is 1. The number of nitrogens with zero attached hydrogens (tertiary/aromatic N) is 2. The Labute approximate surface area is 199 Å². The van der Waals surface area contributed by atoms with Crippen LogP contribution in [0, 0.1) is 6.92 Å². The van der Waals surface area contributed by atoms with Gasteiger partial charge in [0.15, 0.2) is 0 Å². The second-order valence-electron chi connectivity index (χ2n) is 8.81. The van der Waals surface area contributed by atoms with E-state index < -0.39 is 0 Å². The fraction of sp³-hybridized carbons (Fsp3) is 0.250. The Bertz CT molecular complexity index is 1270. The van der Waals surface area contributed by atoms with Gasteiger partial charge in [0, 0.05) is 66.3 Å². The molecule has 1 atom stereocenters. The molecule has 1 saturated heterocycles. The van der Waals surface area contributed by atoms with E-state index >= 15 is 0 Å². The van der Waals surface area contributed by atoms with Crippen LogP contribution in [0.4, 0.5) is 5.69 Å². The molecule has 1 N–H and O–H groups in total. The minimum atomic E-state index is 0.0134. The number of anilines is 1. The van der Waals surface area contributed by atoms with Crippen LogP contribution < -0.4 is 4.90 Å². The second kappa shape index (κ2) is 9.32. The van der Waals surface area contributed by atoms with Gasteiger partial charge in [-0.3, -0.25) is 4.79 Å². The Morgan fingerprint density at radius 3 is 2.55 bits per heavy atom. The average molecular weight is 458 g/mol. The van der Waals surface area contributed by atoms with E-state index in [9.17, 15) is 4.79 Å². The summed E-state index contributed by atoms with van der Waals surface area (Å²) < 4.78 is 0. The molecule has 0 saturated carbocycles. The van der Waals surface area contributed by atoms with Gasteiger partial charge in [0.05, 0.1) is 0 Å². The van der Waals surface area contributed by atoms with E-state index in [1.165, 1.54) is 22.1 Å². The molecule has 3 aromatic carbocycles. The van der Waals surface area contributed by atoms with Gasteiger partial charge in [-0.25, -0.2) is 0 Å². The summed E-state index contributed by atoms with van der Waals surface area (Å²) in [6, 6.07) is 24.8. The van der Waals surface area contributed by atoms with Crippen LogP contribution in [0.2, 0.25) is 5.02 Å². The number of hydrogen-bond acceptors (Lipinski definition) is 2. The van der Waals surface area contributed by atoms with Gasteiger partial charge in [-0.15, -0.1) is 0 Å². The van der Waals surface area contributed by atoms with Crippen molar-refractivity contribution in [3.8, 4) is 0 Å². The first-order valence-corrected chi connectivity index (χ1v) is 11.9. The van der Waals surface area contributed by atoms with E-state index in [0.29, 0.717) is 6.42 Å². The molecule has 1 aromatic heterocycles. The summed E-state index contributed by atoms with van der Waals surface area (Å²) in [4.78, 5) is 21.2. The van der Waals surface area contributed by atoms with Crippen LogP contribution in [0.1, 0.15) is 29.0 Å². The number of nitrogens with one attached hydrogen (secondary N) is 1. The van der Waals surface area contributed by atoms with E-state index in [4.69, 9.17) is 11.6 Å². The molecule has 1 amide bonds. The molecule has 0 spiro atoms. The van der Waals surface area contributed by atoms with Crippen molar-refractivity contribution in [3.05, 3.63) is 101 Å². The molecule has 4 nitrogen and oxygen atoms in total. The first-order valence-electron chi connectivity index (χ1n) is 11.5. The maximum absolute atomic E-state index is 13.5. The molecule has 1 aliphatic rings. The summed E-state index contributed by atoms with van der Waals surface area (Å²) in [7, 11) is 0. The number of aromatic amines is 1. The van der Waals surface area contributed by atoms with Gasteiger partial charge >= 0.3 is 0 Å². The van der Waals surface area contributed by atoms with Gasteiger partial charge in [-0.2, -0.15) is 0 Å². The summed E-state index contributed by atoms with van der Waals surface area (Å²) in [5.41, 5.74) is 5.80. The van der Waals surface area contributed by atoms with Crippen molar-refractivity contribution in [2.24, 2.45) is 0 Å². The summed E-state index contributed by atoms with van der Waals surface area (Å²) in [5, 5.41) is 1.92. The van der Waals surface area contributed by atoms with Crippen molar-refractivity contribution in [2.75, 3.05) is 31.1 Å². The molecule has 1 aliphatic heterocycles. The standard InChI is InChI=1S/C28H28ClN3O/c1-20-6-4-7-21(16-20)25(26-19-30-27-11-3-2-10-24(26)27)18-28(33)32-14-12-31(13-15-32)23-9-5-8-22(29)17-23/h2-11,16-17,19,25,30H,12-15,18H2,1H3. The van der Waals surface area contributed by atoms with Gasteiger partial charge in [0.1, 0.15) is 0 Å². The summed E-state index contributed by atoms with van der Waals surface area (Å²) >= 11 is 6.17. The minimum Gasteiger partial charge on any atom is -0.368 e. The minimum absolute atomic E-state index is 0.0134. The SMILES string of the molecule is Cc1cccc(C(CC(=O)N2CCN(c3cccc(Cl)c3)CC2)c2c[nH]c3ccccc23)c1. The molecule has 33 heavy (non-hydrogen) atoms. The number of hydrogen-bond donors (Lipinski definition) is 1. The number of aromatic nitrogens is 1. The van der Waals surface area contributed by atoms with E-state index in [0.717, 1.165) is 42.4 Å². The number of rotatable bonds is 5. The van der Waals surface area contributed by atoms with Crippen LogP contribution in [0.25, 0.3) is 10.9 Å². The molecule has 4 aromatic rings. The van der Waals surface area contributed by atoms with Crippen molar-refractivity contribution >= 4 is 34.1 Å². The molecular weight excluding hydrogens is 430 g/mol. The van der Waals surface area contributed by atoms with Crippen molar-refractivity contribution < 1.29 is 4.79 Å². The Hall–Kier alpha value is -3.24. The number of benzene rings is 3. The number of H-pyrrole nitrogens is 1. The first-order chi connectivity index (χ1) is 16.1. The molecule has 1 fully saturated rings. The predicted molar refractivity (Wildman–Crippen MR) is 136 cm³/mol. The third-order valence-electron chi connectivity index (χ3n) is 6.63. The van der Waals surface area contributed by atoms with Gasteiger partial charge in [-0.05, 0) is 42.3 Å². The van der Waals surface area contributed by atoms with Crippen LogP contribution in [0.15, 0.2) is 79.0 Å². The average Bonchev–Trinajstić information content (AvgIpc) is 3.26.